The molecule has 0 aliphatic heterocycles. The van der Waals surface area contributed by atoms with Crippen molar-refractivity contribution in [2.24, 2.45) is 5.73 Å². The third kappa shape index (κ3) is 5.24. The predicted octanol–water partition coefficient (Wildman–Crippen LogP) is 5.11. The Morgan fingerprint density at radius 2 is 1.67 bits per heavy atom. The Hall–Kier alpha value is -1.21. The van der Waals surface area contributed by atoms with Crippen LogP contribution < -0.4 is 5.73 Å². The first-order chi connectivity index (χ1) is 9.07. The summed E-state index contributed by atoms with van der Waals surface area (Å²) < 4.78 is 76.1. The van der Waals surface area contributed by atoms with E-state index in [2.05, 4.69) is 6.58 Å². The largest absolute Gasteiger partial charge is 0.416 e. The molecule has 0 bridgehead atoms. The maximum Gasteiger partial charge on any atom is 0.416 e. The maximum absolute atomic E-state index is 12.8. The highest BCUT2D eigenvalue weighted by atomic mass is 35.5. The summed E-state index contributed by atoms with van der Waals surface area (Å²) in [6.45, 7) is 3.40. The molecule has 0 radical (unpaired) electrons. The van der Waals surface area contributed by atoms with Crippen LogP contribution in [0.2, 0.25) is 0 Å². The van der Waals surface area contributed by atoms with E-state index in [0.717, 1.165) is 0 Å². The van der Waals surface area contributed by atoms with Crippen molar-refractivity contribution in [1.82, 2.24) is 0 Å². The molecule has 0 saturated carbocycles. The highest BCUT2D eigenvalue weighted by Crippen LogP contribution is 2.38. The minimum Gasteiger partial charge on any atom is -0.324 e. The van der Waals surface area contributed by atoms with Crippen LogP contribution in [0.3, 0.4) is 0 Å². The highest BCUT2D eigenvalue weighted by molar-refractivity contribution is 5.85. The van der Waals surface area contributed by atoms with Crippen molar-refractivity contribution in [2.45, 2.75) is 31.2 Å². The van der Waals surface area contributed by atoms with Crippen LogP contribution in [0.15, 0.2) is 30.9 Å². The lowest BCUT2D eigenvalue weighted by Gasteiger charge is -2.20. The van der Waals surface area contributed by atoms with Gasteiger partial charge in [-0.15, -0.1) is 19.0 Å². The molecule has 21 heavy (non-hydrogen) atoms. The molecule has 0 fully saturated rings. The lowest BCUT2D eigenvalue weighted by molar-refractivity contribution is -0.142. The van der Waals surface area contributed by atoms with E-state index in [1.54, 1.807) is 0 Å². The van der Waals surface area contributed by atoms with E-state index < -0.39 is 35.1 Å². The molecule has 2 N–H and O–H groups in total. The predicted molar refractivity (Wildman–Crippen MR) is 70.1 cm³/mol. The second kappa shape index (κ2) is 7.17. The third-order valence-electron chi connectivity index (χ3n) is 2.77. The first-order valence-electron chi connectivity index (χ1n) is 5.72. The molecular weight excluding hydrogens is 320 g/mol. The normalized spacial score (nSPS) is 13.5. The second-order valence-corrected chi connectivity index (χ2v) is 4.27. The number of nitrogens with two attached hydrogens (primary N) is 1. The lowest BCUT2D eigenvalue weighted by atomic mass is 9.94. The fourth-order valence-electron chi connectivity index (χ4n) is 1.76. The molecule has 0 spiro atoms. The van der Waals surface area contributed by atoms with E-state index in [-0.39, 0.29) is 18.8 Å². The van der Waals surface area contributed by atoms with Crippen molar-refractivity contribution in [2.75, 3.05) is 0 Å². The van der Waals surface area contributed by atoms with E-state index in [1.165, 1.54) is 6.08 Å². The monoisotopic (exact) mass is 333 g/mol. The Morgan fingerprint density at radius 1 is 1.10 bits per heavy atom. The minimum atomic E-state index is -4.74. The fraction of sp³-hybridized carbons (Fsp3) is 0.385. The van der Waals surface area contributed by atoms with E-state index in [1.807, 2.05) is 0 Å². The summed E-state index contributed by atoms with van der Waals surface area (Å²) in [6.07, 6.45) is -7.61. The Morgan fingerprint density at radius 3 is 2.10 bits per heavy atom. The Bertz CT molecular complexity index is 481. The zero-order chi connectivity index (χ0) is 15.6. The van der Waals surface area contributed by atoms with Crippen molar-refractivity contribution >= 4 is 12.4 Å². The van der Waals surface area contributed by atoms with Gasteiger partial charge in [-0.2, -0.15) is 26.3 Å². The molecule has 0 aromatic heterocycles. The number of benzene rings is 1. The highest BCUT2D eigenvalue weighted by Gasteiger charge is 2.37. The molecular formula is C13H14ClF6N. The molecule has 0 unspecified atom stereocenters. The number of hydrogen-bond donors (Lipinski definition) is 1. The van der Waals surface area contributed by atoms with E-state index >= 15 is 0 Å². The summed E-state index contributed by atoms with van der Waals surface area (Å²) in [5.74, 6) is 0. The number of allylic oxidation sites excluding steroid dienone is 1. The summed E-state index contributed by atoms with van der Waals surface area (Å²) in [6, 6.07) is 0.168. The molecule has 1 nitrogen and oxygen atoms in total. The lowest BCUT2D eigenvalue weighted by Crippen LogP contribution is -2.19. The summed E-state index contributed by atoms with van der Waals surface area (Å²) in [5.41, 5.74) is 2.75. The average molecular weight is 334 g/mol. The van der Waals surface area contributed by atoms with Gasteiger partial charge in [-0.1, -0.05) is 6.08 Å². The number of rotatable bonds is 4. The number of hydrogen-bond acceptors (Lipinski definition) is 1. The van der Waals surface area contributed by atoms with Gasteiger partial charge in [-0.25, -0.2) is 0 Å². The van der Waals surface area contributed by atoms with Gasteiger partial charge in [0.1, 0.15) is 0 Å². The topological polar surface area (TPSA) is 26.0 Å². The van der Waals surface area contributed by atoms with Crippen LogP contribution in [-0.2, 0) is 12.4 Å². The molecule has 0 saturated heterocycles. The van der Waals surface area contributed by atoms with E-state index in [4.69, 9.17) is 5.73 Å². The van der Waals surface area contributed by atoms with E-state index in [9.17, 15) is 26.3 Å². The number of alkyl halides is 6. The Kier molecular flexibility index (Phi) is 6.76. The summed E-state index contributed by atoms with van der Waals surface area (Å²) in [4.78, 5) is 0. The van der Waals surface area contributed by atoms with Crippen LogP contribution in [0.4, 0.5) is 26.3 Å². The van der Waals surface area contributed by atoms with E-state index in [0.29, 0.717) is 24.6 Å². The fourth-order valence-corrected chi connectivity index (χ4v) is 1.76. The van der Waals surface area contributed by atoms with Gasteiger partial charge in [0, 0.05) is 6.04 Å². The standard InChI is InChI=1S/C13H13F6N.ClH/c1-2-3-4-11(20)9-7-8(12(14,15)16)5-6-10(9)13(17,18)19;/h2,5-7,11H,1,3-4,20H2;1H/t11-;/m0./s1. The van der Waals surface area contributed by atoms with Gasteiger partial charge in [0.2, 0.25) is 0 Å². The quantitative estimate of drug-likeness (QED) is 0.601. The van der Waals surface area contributed by atoms with Crippen LogP contribution in [-0.4, -0.2) is 0 Å². The Labute approximate surface area is 124 Å². The molecule has 1 aromatic rings. The molecule has 1 aromatic carbocycles. The molecule has 120 valence electrons. The van der Waals surface area contributed by atoms with Gasteiger partial charge in [0.15, 0.2) is 0 Å². The van der Waals surface area contributed by atoms with Crippen LogP contribution in [0.5, 0.6) is 0 Å². The molecule has 0 aliphatic carbocycles. The second-order valence-electron chi connectivity index (χ2n) is 4.27. The van der Waals surface area contributed by atoms with Crippen molar-refractivity contribution in [1.29, 1.82) is 0 Å². The SMILES string of the molecule is C=CCC[C@H](N)c1cc(C(F)(F)F)ccc1C(F)(F)F.Cl. The van der Waals surface area contributed by atoms with Gasteiger partial charge in [0.05, 0.1) is 11.1 Å². The van der Waals surface area contributed by atoms with Gasteiger partial charge in [0.25, 0.3) is 0 Å². The average Bonchev–Trinajstić information content (AvgIpc) is 2.33. The zero-order valence-electron chi connectivity index (χ0n) is 10.8. The first-order valence-corrected chi connectivity index (χ1v) is 5.72. The van der Waals surface area contributed by atoms with Crippen LogP contribution in [0.25, 0.3) is 0 Å². The molecule has 1 rings (SSSR count). The van der Waals surface area contributed by atoms with Crippen molar-refractivity contribution in [3.05, 3.63) is 47.5 Å². The van der Waals surface area contributed by atoms with Crippen LogP contribution in [0, 0.1) is 0 Å². The van der Waals surface area contributed by atoms with Gasteiger partial charge < -0.3 is 5.73 Å². The molecule has 8 heteroatoms. The van der Waals surface area contributed by atoms with Crippen molar-refractivity contribution < 1.29 is 26.3 Å². The first kappa shape index (κ1) is 19.8. The van der Waals surface area contributed by atoms with Gasteiger partial charge in [-0.3, -0.25) is 0 Å². The van der Waals surface area contributed by atoms with Gasteiger partial charge in [-0.05, 0) is 36.6 Å². The summed E-state index contributed by atoms with van der Waals surface area (Å²) in [7, 11) is 0. The molecule has 0 heterocycles. The van der Waals surface area contributed by atoms with Crippen molar-refractivity contribution in [3.63, 3.8) is 0 Å². The molecule has 0 amide bonds. The third-order valence-corrected chi connectivity index (χ3v) is 2.77. The minimum absolute atomic E-state index is 0. The van der Waals surface area contributed by atoms with Gasteiger partial charge >= 0.3 is 12.4 Å². The zero-order valence-corrected chi connectivity index (χ0v) is 11.6. The smallest absolute Gasteiger partial charge is 0.324 e. The van der Waals surface area contributed by atoms with Crippen LogP contribution >= 0.6 is 12.4 Å². The molecule has 0 aliphatic rings. The Balaban J connectivity index is 0.00000400. The summed E-state index contributed by atoms with van der Waals surface area (Å²) in [5, 5.41) is 0. The molecule has 1 atom stereocenters. The van der Waals surface area contributed by atoms with Crippen molar-refractivity contribution in [3.8, 4) is 0 Å². The summed E-state index contributed by atoms with van der Waals surface area (Å²) >= 11 is 0. The van der Waals surface area contributed by atoms with Crippen LogP contribution in [0.1, 0.15) is 35.6 Å². The number of halogens is 7. The maximum atomic E-state index is 12.8.